The first-order valence-electron chi connectivity index (χ1n) is 9.60. The monoisotopic (exact) mass is 429 g/mol. The van der Waals surface area contributed by atoms with Gasteiger partial charge in [0.05, 0.1) is 29.3 Å². The molecular weight excluding hydrogens is 406 g/mol. The maximum Gasteiger partial charge on any atom is 0.234 e. The van der Waals surface area contributed by atoms with Crippen LogP contribution in [0.15, 0.2) is 59.6 Å². The molecule has 1 N–H and O–H groups in total. The topological polar surface area (TPSA) is 78.8 Å². The second kappa shape index (κ2) is 8.20. The summed E-state index contributed by atoms with van der Waals surface area (Å²) >= 11 is 1.35. The molecule has 0 aliphatic carbocycles. The van der Waals surface area contributed by atoms with Crippen molar-refractivity contribution >= 4 is 44.0 Å². The Labute approximate surface area is 175 Å². The van der Waals surface area contributed by atoms with Gasteiger partial charge in [0.25, 0.3) is 0 Å². The van der Waals surface area contributed by atoms with Crippen molar-refractivity contribution in [3.05, 3.63) is 60.2 Å². The lowest BCUT2D eigenvalue weighted by molar-refractivity contribution is -0.113. The third-order valence-corrected chi connectivity index (χ3v) is 7.81. The summed E-state index contributed by atoms with van der Waals surface area (Å²) in [6.45, 7) is 2.05. The summed E-state index contributed by atoms with van der Waals surface area (Å²) in [5, 5.41) is 3.68. The highest BCUT2D eigenvalue weighted by Crippen LogP contribution is 2.35. The number of thioether (sulfide) groups is 1. The van der Waals surface area contributed by atoms with Gasteiger partial charge in [-0.2, -0.15) is 0 Å². The van der Waals surface area contributed by atoms with E-state index in [1.165, 1.54) is 11.8 Å². The molecule has 0 radical (unpaired) electrons. The number of nitrogens with one attached hydrogen (secondary N) is 1. The van der Waals surface area contributed by atoms with Crippen LogP contribution in [-0.4, -0.2) is 48.8 Å². The third kappa shape index (κ3) is 4.33. The molecule has 0 saturated carbocycles. The lowest BCUT2D eigenvalue weighted by Crippen LogP contribution is -2.39. The molecule has 152 valence electrons. The lowest BCUT2D eigenvalue weighted by atomic mass is 10.1. The number of para-hydroxylation sites is 2. The highest BCUT2D eigenvalue weighted by molar-refractivity contribution is 8.14. The van der Waals surface area contributed by atoms with Gasteiger partial charge in [0.15, 0.2) is 15.0 Å². The molecule has 2 aromatic rings. The van der Waals surface area contributed by atoms with E-state index >= 15 is 0 Å². The van der Waals surface area contributed by atoms with Gasteiger partial charge in [0.1, 0.15) is 0 Å². The van der Waals surface area contributed by atoms with Crippen LogP contribution >= 0.6 is 11.8 Å². The van der Waals surface area contributed by atoms with Gasteiger partial charge in [0.2, 0.25) is 5.91 Å². The third-order valence-electron chi connectivity index (χ3n) is 5.15. The molecule has 1 amide bonds. The van der Waals surface area contributed by atoms with Gasteiger partial charge in [-0.3, -0.25) is 9.79 Å². The molecule has 1 fully saturated rings. The molecule has 0 bridgehead atoms. The maximum absolute atomic E-state index is 12.5. The second-order valence-electron chi connectivity index (χ2n) is 7.18. The number of rotatable bonds is 5. The van der Waals surface area contributed by atoms with Gasteiger partial charge in [-0.15, -0.1) is 0 Å². The average molecular weight is 430 g/mol. The van der Waals surface area contributed by atoms with Crippen LogP contribution < -0.4 is 10.2 Å². The van der Waals surface area contributed by atoms with Crippen molar-refractivity contribution in [3.63, 3.8) is 0 Å². The summed E-state index contributed by atoms with van der Waals surface area (Å²) in [7, 11) is -3.09. The first-order chi connectivity index (χ1) is 14.0. The molecule has 4 rings (SSSR count). The van der Waals surface area contributed by atoms with Crippen LogP contribution in [0, 0.1) is 0 Å². The average Bonchev–Trinajstić information content (AvgIpc) is 3.18. The number of anilines is 2. The van der Waals surface area contributed by atoms with Crippen LogP contribution in [0.3, 0.4) is 0 Å². The molecule has 2 aromatic carbocycles. The number of amidine groups is 1. The standard InChI is InChI=1S/C21H23N3O3S2/c1-2-15-8-6-7-11-17(15)22-20(25)12-28-21-23-18-13-29(26,27)14-19(18)24(21)16-9-4-3-5-10-16/h3-11,18-19H,2,12-14H2,1H3,(H,22,25)/t18-,19+/m1/s1. The molecule has 0 spiro atoms. The highest BCUT2D eigenvalue weighted by Gasteiger charge is 2.47. The Morgan fingerprint density at radius 2 is 1.86 bits per heavy atom. The quantitative estimate of drug-likeness (QED) is 0.791. The lowest BCUT2D eigenvalue weighted by Gasteiger charge is -2.26. The van der Waals surface area contributed by atoms with Gasteiger partial charge < -0.3 is 10.2 Å². The van der Waals surface area contributed by atoms with Crippen LogP contribution in [0.5, 0.6) is 0 Å². The zero-order valence-corrected chi connectivity index (χ0v) is 17.7. The maximum atomic E-state index is 12.5. The number of carbonyl (C=O) groups excluding carboxylic acids is 1. The molecule has 29 heavy (non-hydrogen) atoms. The smallest absolute Gasteiger partial charge is 0.234 e. The fourth-order valence-electron chi connectivity index (χ4n) is 3.79. The molecule has 2 aliphatic rings. The predicted molar refractivity (Wildman–Crippen MR) is 119 cm³/mol. The van der Waals surface area contributed by atoms with E-state index < -0.39 is 9.84 Å². The van der Waals surface area contributed by atoms with E-state index in [0.717, 1.165) is 23.4 Å². The Bertz CT molecular complexity index is 1040. The van der Waals surface area contributed by atoms with Crippen LogP contribution in [0.1, 0.15) is 12.5 Å². The summed E-state index contributed by atoms with van der Waals surface area (Å²) in [4.78, 5) is 19.2. The Morgan fingerprint density at radius 3 is 2.62 bits per heavy atom. The molecule has 0 unspecified atom stereocenters. The zero-order valence-electron chi connectivity index (χ0n) is 16.1. The number of sulfone groups is 1. The summed E-state index contributed by atoms with van der Waals surface area (Å²) in [5.74, 6) is 0.278. The SMILES string of the molecule is CCc1ccccc1NC(=O)CSC1=N[C@@H]2CS(=O)(=O)C[C@@H]2N1c1ccccc1. The molecule has 6 nitrogen and oxygen atoms in total. The number of fused-ring (bicyclic) bond motifs is 1. The number of carbonyl (C=O) groups is 1. The van der Waals surface area contributed by atoms with E-state index in [-0.39, 0.29) is 35.2 Å². The Morgan fingerprint density at radius 1 is 1.14 bits per heavy atom. The van der Waals surface area contributed by atoms with Crippen molar-refractivity contribution in [2.24, 2.45) is 4.99 Å². The first kappa shape index (κ1) is 20.0. The minimum atomic E-state index is -3.09. The van der Waals surface area contributed by atoms with Crippen molar-refractivity contribution in [2.45, 2.75) is 25.4 Å². The van der Waals surface area contributed by atoms with Gasteiger partial charge in [-0.1, -0.05) is 55.1 Å². The van der Waals surface area contributed by atoms with E-state index in [0.29, 0.717) is 5.17 Å². The highest BCUT2D eigenvalue weighted by atomic mass is 32.2. The van der Waals surface area contributed by atoms with Gasteiger partial charge in [-0.25, -0.2) is 8.42 Å². The van der Waals surface area contributed by atoms with E-state index in [2.05, 4.69) is 17.2 Å². The number of benzene rings is 2. The number of hydrogen-bond acceptors (Lipinski definition) is 6. The molecule has 1 saturated heterocycles. The van der Waals surface area contributed by atoms with Gasteiger partial charge >= 0.3 is 0 Å². The summed E-state index contributed by atoms with van der Waals surface area (Å²) in [6, 6.07) is 16.9. The Hall–Kier alpha value is -2.32. The van der Waals surface area contributed by atoms with Crippen LogP contribution in [0.25, 0.3) is 0 Å². The van der Waals surface area contributed by atoms with E-state index in [1.54, 1.807) is 0 Å². The van der Waals surface area contributed by atoms with Gasteiger partial charge in [0, 0.05) is 11.4 Å². The molecule has 2 atom stereocenters. The van der Waals surface area contributed by atoms with Crippen LogP contribution in [0.2, 0.25) is 0 Å². The molecule has 2 heterocycles. The normalized spacial score (nSPS) is 22.2. The fraction of sp³-hybridized carbons (Fsp3) is 0.333. The van der Waals surface area contributed by atoms with Crippen LogP contribution in [0.4, 0.5) is 11.4 Å². The predicted octanol–water partition coefficient (Wildman–Crippen LogP) is 2.96. The summed E-state index contributed by atoms with van der Waals surface area (Å²) < 4.78 is 24.2. The molecule has 0 aromatic heterocycles. The number of nitrogens with zero attached hydrogens (tertiary/aromatic N) is 2. The van der Waals surface area contributed by atoms with Crippen molar-refractivity contribution in [1.29, 1.82) is 0 Å². The van der Waals surface area contributed by atoms with E-state index in [4.69, 9.17) is 0 Å². The van der Waals surface area contributed by atoms with Crippen molar-refractivity contribution in [2.75, 3.05) is 27.5 Å². The van der Waals surface area contributed by atoms with Gasteiger partial charge in [-0.05, 0) is 30.2 Å². The van der Waals surface area contributed by atoms with Crippen molar-refractivity contribution in [3.8, 4) is 0 Å². The van der Waals surface area contributed by atoms with E-state index in [1.807, 2.05) is 59.5 Å². The second-order valence-corrected chi connectivity index (χ2v) is 10.3. The number of amides is 1. The fourth-order valence-corrected chi connectivity index (χ4v) is 6.56. The minimum Gasteiger partial charge on any atom is -0.325 e. The Balaban J connectivity index is 1.49. The molecule has 8 heteroatoms. The summed E-state index contributed by atoms with van der Waals surface area (Å²) in [5.41, 5.74) is 2.83. The number of hydrogen-bond donors (Lipinski definition) is 1. The first-order valence-corrected chi connectivity index (χ1v) is 12.4. The largest absolute Gasteiger partial charge is 0.325 e. The van der Waals surface area contributed by atoms with Crippen molar-refractivity contribution < 1.29 is 13.2 Å². The minimum absolute atomic E-state index is 0.0706. The van der Waals surface area contributed by atoms with E-state index in [9.17, 15) is 13.2 Å². The Kier molecular flexibility index (Phi) is 5.65. The summed E-state index contributed by atoms with van der Waals surface area (Å²) in [6.07, 6.45) is 0.843. The number of aliphatic imine (C=N–C) groups is 1. The zero-order chi connectivity index (χ0) is 20.4. The molecular formula is C21H23N3O3S2. The van der Waals surface area contributed by atoms with Crippen molar-refractivity contribution in [1.82, 2.24) is 0 Å². The number of aryl methyl sites for hydroxylation is 1. The van der Waals surface area contributed by atoms with Crippen LogP contribution in [-0.2, 0) is 21.1 Å². The molecule has 2 aliphatic heterocycles.